The summed E-state index contributed by atoms with van der Waals surface area (Å²) in [6.45, 7) is 2.19. The molecule has 0 aliphatic carbocycles. The van der Waals surface area contributed by atoms with Gasteiger partial charge in [0, 0.05) is 11.6 Å². The highest BCUT2D eigenvalue weighted by atomic mass is 16.5. The molecule has 0 radical (unpaired) electrons. The summed E-state index contributed by atoms with van der Waals surface area (Å²) in [5.74, 6) is -1.28. The molecule has 2 aliphatic rings. The first-order chi connectivity index (χ1) is 16.4. The summed E-state index contributed by atoms with van der Waals surface area (Å²) in [7, 11) is 3.02. The van der Waals surface area contributed by atoms with Gasteiger partial charge in [-0.05, 0) is 30.7 Å². The molecule has 2 aromatic rings. The summed E-state index contributed by atoms with van der Waals surface area (Å²) in [4.78, 5) is 54.5. The van der Waals surface area contributed by atoms with Crippen molar-refractivity contribution in [3.05, 3.63) is 59.2 Å². The van der Waals surface area contributed by atoms with E-state index in [0.717, 1.165) is 11.3 Å². The van der Waals surface area contributed by atoms with Gasteiger partial charge in [-0.15, -0.1) is 0 Å². The Morgan fingerprint density at radius 3 is 2.24 bits per heavy atom. The highest BCUT2D eigenvalue weighted by molar-refractivity contribution is 6.24. The Balaban J connectivity index is 1.64. The quantitative estimate of drug-likeness (QED) is 0.242. The van der Waals surface area contributed by atoms with Gasteiger partial charge >= 0.3 is 5.97 Å². The number of likely N-dealkylation sites (tertiary alicyclic amines) is 1. The number of benzene rings is 2. The Kier molecular flexibility index (Phi) is 6.54. The van der Waals surface area contributed by atoms with Gasteiger partial charge in [0.05, 0.1) is 38.5 Å². The number of imide groups is 1. The molecular formula is C25H26N2O7. The molecule has 9 nitrogen and oxygen atoms in total. The molecule has 0 saturated carbocycles. The number of methoxy groups -OCH3 is 2. The number of unbranched alkanes of at least 4 members (excludes halogenated alkanes) is 1. The topological polar surface area (TPSA) is 102 Å². The Hall–Kier alpha value is -3.88. The Labute approximate surface area is 197 Å². The lowest BCUT2D eigenvalue weighted by Gasteiger charge is -2.47. The van der Waals surface area contributed by atoms with Crippen LogP contribution in [0.3, 0.4) is 0 Å². The molecule has 1 saturated heterocycles. The largest absolute Gasteiger partial charge is 0.497 e. The number of rotatable bonds is 9. The van der Waals surface area contributed by atoms with Crippen LogP contribution in [0.15, 0.2) is 42.5 Å². The van der Waals surface area contributed by atoms with E-state index in [-0.39, 0.29) is 24.3 Å². The van der Waals surface area contributed by atoms with E-state index in [0.29, 0.717) is 23.5 Å². The average molecular weight is 466 g/mol. The van der Waals surface area contributed by atoms with Gasteiger partial charge in [0.25, 0.3) is 11.8 Å². The number of hydrogen-bond acceptors (Lipinski definition) is 7. The Morgan fingerprint density at radius 1 is 0.971 bits per heavy atom. The molecule has 9 heteroatoms. The van der Waals surface area contributed by atoms with Crippen LogP contribution in [-0.2, 0) is 20.9 Å². The van der Waals surface area contributed by atoms with Crippen LogP contribution in [-0.4, -0.2) is 66.4 Å². The molecule has 178 valence electrons. The highest BCUT2D eigenvalue weighted by Gasteiger charge is 2.59. The molecule has 0 bridgehead atoms. The summed E-state index contributed by atoms with van der Waals surface area (Å²) >= 11 is 0. The number of β-lactam (4-membered cyclic amide) rings is 1. The van der Waals surface area contributed by atoms with Gasteiger partial charge in [-0.25, -0.2) is 4.79 Å². The van der Waals surface area contributed by atoms with Gasteiger partial charge in [-0.2, -0.15) is 0 Å². The van der Waals surface area contributed by atoms with Crippen molar-refractivity contribution >= 4 is 23.7 Å². The van der Waals surface area contributed by atoms with E-state index in [1.54, 1.807) is 30.3 Å². The number of hydrogen-bond donors (Lipinski definition) is 0. The van der Waals surface area contributed by atoms with Gasteiger partial charge in [-0.1, -0.05) is 25.5 Å². The van der Waals surface area contributed by atoms with Crippen LogP contribution in [0.4, 0.5) is 0 Å². The predicted octanol–water partition coefficient (Wildman–Crippen LogP) is 2.42. The molecule has 0 aromatic heterocycles. The Bertz CT molecular complexity index is 1110. The number of amides is 3. The van der Waals surface area contributed by atoms with Crippen molar-refractivity contribution in [2.75, 3.05) is 20.8 Å². The lowest BCUT2D eigenvalue weighted by atomic mass is 9.92. The maximum Gasteiger partial charge on any atom is 0.331 e. The van der Waals surface area contributed by atoms with E-state index in [2.05, 4.69) is 0 Å². The molecule has 0 unspecified atom stereocenters. The van der Waals surface area contributed by atoms with Crippen LogP contribution in [0.5, 0.6) is 11.5 Å². The van der Waals surface area contributed by atoms with Crippen LogP contribution in [0, 0.1) is 0 Å². The maximum atomic E-state index is 13.3. The second-order valence-electron chi connectivity index (χ2n) is 8.08. The third-order valence-electron chi connectivity index (χ3n) is 6.09. The summed E-state index contributed by atoms with van der Waals surface area (Å²) in [6.07, 6.45) is 1.49. The minimum Gasteiger partial charge on any atom is -0.497 e. The van der Waals surface area contributed by atoms with Crippen molar-refractivity contribution in [3.8, 4) is 11.5 Å². The number of carbonyl (C=O) groups excluding carboxylic acids is 4. The van der Waals surface area contributed by atoms with E-state index in [9.17, 15) is 19.2 Å². The monoisotopic (exact) mass is 466 g/mol. The smallest absolute Gasteiger partial charge is 0.331 e. The number of ether oxygens (including phenoxy) is 3. The van der Waals surface area contributed by atoms with Crippen molar-refractivity contribution in [2.45, 2.75) is 38.4 Å². The third kappa shape index (κ3) is 3.87. The highest BCUT2D eigenvalue weighted by Crippen LogP contribution is 2.36. The zero-order valence-electron chi connectivity index (χ0n) is 19.3. The van der Waals surface area contributed by atoms with Crippen molar-refractivity contribution in [1.29, 1.82) is 0 Å². The van der Waals surface area contributed by atoms with Crippen LogP contribution >= 0.6 is 0 Å². The molecular weight excluding hydrogens is 440 g/mol. The summed E-state index contributed by atoms with van der Waals surface area (Å²) in [5.41, 5.74) is 1.08. The minimum atomic E-state index is -1.26. The van der Waals surface area contributed by atoms with E-state index in [1.807, 2.05) is 6.92 Å². The molecule has 2 aliphatic heterocycles. The lowest BCUT2D eigenvalue weighted by Crippen LogP contribution is -2.73. The molecule has 1 fully saturated rings. The fourth-order valence-corrected chi connectivity index (χ4v) is 4.24. The number of fused-ring (bicyclic) bond motifs is 1. The fraction of sp³-hybridized carbons (Fsp3) is 0.360. The molecule has 34 heavy (non-hydrogen) atoms. The molecule has 0 spiro atoms. The van der Waals surface area contributed by atoms with Gasteiger partial charge < -0.3 is 19.1 Å². The number of nitrogens with zero attached hydrogens (tertiary/aromatic N) is 2. The first kappa shape index (κ1) is 23.3. The van der Waals surface area contributed by atoms with Crippen molar-refractivity contribution < 1.29 is 33.4 Å². The lowest BCUT2D eigenvalue weighted by molar-refractivity contribution is -0.174. The second-order valence-corrected chi connectivity index (χ2v) is 8.08. The standard InChI is InChI=1S/C25H26N2O7/c1-4-5-12-34-25(31)21-20(27-22(28)17-8-6-7-9-18(17)23(27)29)24(30)26(21)14-15-10-11-16(32-2)13-19(15)33-3/h6-11,13,20-21H,4-5,12,14H2,1-3H3/t20-,21-/m0/s1. The first-order valence-electron chi connectivity index (χ1n) is 11.1. The normalized spacial score (nSPS) is 19.1. The molecule has 4 rings (SSSR count). The van der Waals surface area contributed by atoms with E-state index in [4.69, 9.17) is 14.2 Å². The predicted molar refractivity (Wildman–Crippen MR) is 120 cm³/mol. The zero-order chi connectivity index (χ0) is 24.4. The van der Waals surface area contributed by atoms with E-state index >= 15 is 0 Å². The van der Waals surface area contributed by atoms with Crippen molar-refractivity contribution in [3.63, 3.8) is 0 Å². The molecule has 2 atom stereocenters. The molecule has 3 amide bonds. The summed E-state index contributed by atoms with van der Waals surface area (Å²) in [6, 6.07) is 9.13. The molecule has 2 heterocycles. The number of carbonyl (C=O) groups is 4. The van der Waals surface area contributed by atoms with Gasteiger partial charge in [0.1, 0.15) is 11.5 Å². The number of esters is 1. The maximum absolute atomic E-state index is 13.3. The van der Waals surface area contributed by atoms with Crippen LogP contribution in [0.1, 0.15) is 46.0 Å². The molecule has 0 N–H and O–H groups in total. The molecule has 2 aromatic carbocycles. The second kappa shape index (κ2) is 9.54. The van der Waals surface area contributed by atoms with E-state index < -0.39 is 35.8 Å². The summed E-state index contributed by atoms with van der Waals surface area (Å²) < 4.78 is 16.0. The fourth-order valence-electron chi connectivity index (χ4n) is 4.24. The van der Waals surface area contributed by atoms with Gasteiger partial charge in [-0.3, -0.25) is 19.3 Å². The summed E-state index contributed by atoms with van der Waals surface area (Å²) in [5, 5.41) is 0. The van der Waals surface area contributed by atoms with Crippen molar-refractivity contribution in [2.24, 2.45) is 0 Å². The van der Waals surface area contributed by atoms with Gasteiger partial charge in [0.2, 0.25) is 5.91 Å². The van der Waals surface area contributed by atoms with Crippen LogP contribution < -0.4 is 9.47 Å². The van der Waals surface area contributed by atoms with Crippen LogP contribution in [0.25, 0.3) is 0 Å². The van der Waals surface area contributed by atoms with Gasteiger partial charge in [0.15, 0.2) is 12.1 Å². The SMILES string of the molecule is CCCCOC(=O)[C@@H]1[C@H](N2C(=O)c3ccccc3C2=O)C(=O)N1Cc1ccc(OC)cc1OC. The van der Waals surface area contributed by atoms with Crippen molar-refractivity contribution in [1.82, 2.24) is 9.80 Å². The van der Waals surface area contributed by atoms with Crippen LogP contribution in [0.2, 0.25) is 0 Å². The Morgan fingerprint density at radius 2 is 1.65 bits per heavy atom. The average Bonchev–Trinajstić information content (AvgIpc) is 3.10. The zero-order valence-corrected chi connectivity index (χ0v) is 19.3. The first-order valence-corrected chi connectivity index (χ1v) is 11.1. The minimum absolute atomic E-state index is 0.0409. The third-order valence-corrected chi connectivity index (χ3v) is 6.09. The van der Waals surface area contributed by atoms with E-state index in [1.165, 1.54) is 31.3 Å².